The molecule has 106 valence electrons. The fourth-order valence-corrected chi connectivity index (χ4v) is 1.68. The second-order valence-corrected chi connectivity index (χ2v) is 4.29. The van der Waals surface area contributed by atoms with Crippen LogP contribution in [0.15, 0.2) is 34.9 Å². The van der Waals surface area contributed by atoms with E-state index in [9.17, 15) is 4.79 Å². The van der Waals surface area contributed by atoms with Crippen molar-refractivity contribution in [2.45, 2.75) is 13.3 Å². The molecule has 2 aromatic rings. The lowest BCUT2D eigenvalue weighted by Gasteiger charge is -2.07. The van der Waals surface area contributed by atoms with Gasteiger partial charge in [-0.3, -0.25) is 0 Å². The Labute approximate surface area is 117 Å². The first-order chi connectivity index (χ1) is 9.67. The highest BCUT2D eigenvalue weighted by atomic mass is 16.5. The molecule has 1 aromatic heterocycles. The molecule has 1 heterocycles. The number of hydrogen-bond donors (Lipinski definition) is 2. The Morgan fingerprint density at radius 3 is 2.70 bits per heavy atom. The molecule has 0 aliphatic carbocycles. The highest BCUT2D eigenvalue weighted by Crippen LogP contribution is 2.14. The maximum Gasteiger partial charge on any atom is 0.319 e. The summed E-state index contributed by atoms with van der Waals surface area (Å²) in [5.74, 6) is 1.50. The second kappa shape index (κ2) is 6.60. The maximum absolute atomic E-state index is 11.7. The molecule has 0 saturated carbocycles. The molecule has 1 aromatic carbocycles. The van der Waals surface area contributed by atoms with Crippen LogP contribution in [0.4, 0.5) is 10.5 Å². The molecule has 0 aliphatic rings. The second-order valence-electron chi connectivity index (χ2n) is 4.29. The molecule has 0 bridgehead atoms. The SMILES string of the molecule is COc1ccc(NC(=O)NCCc2cc(C)no2)cc1. The number of rotatable bonds is 5. The summed E-state index contributed by atoms with van der Waals surface area (Å²) in [5.41, 5.74) is 1.54. The van der Waals surface area contributed by atoms with Gasteiger partial charge in [-0.05, 0) is 31.2 Å². The summed E-state index contributed by atoms with van der Waals surface area (Å²) < 4.78 is 10.1. The number of aromatic nitrogens is 1. The van der Waals surface area contributed by atoms with E-state index in [1.807, 2.05) is 13.0 Å². The molecule has 0 unspecified atom stereocenters. The van der Waals surface area contributed by atoms with Crippen molar-refractivity contribution in [2.24, 2.45) is 0 Å². The van der Waals surface area contributed by atoms with Crippen LogP contribution < -0.4 is 15.4 Å². The zero-order valence-corrected chi connectivity index (χ0v) is 11.5. The van der Waals surface area contributed by atoms with Crippen molar-refractivity contribution < 1.29 is 14.1 Å². The van der Waals surface area contributed by atoms with Crippen molar-refractivity contribution in [3.8, 4) is 5.75 Å². The zero-order chi connectivity index (χ0) is 14.4. The fraction of sp³-hybridized carbons (Fsp3) is 0.286. The number of nitrogens with zero attached hydrogens (tertiary/aromatic N) is 1. The Kier molecular flexibility index (Phi) is 4.60. The van der Waals surface area contributed by atoms with Crippen LogP contribution in [0.5, 0.6) is 5.75 Å². The molecular weight excluding hydrogens is 258 g/mol. The highest BCUT2D eigenvalue weighted by molar-refractivity contribution is 5.89. The van der Waals surface area contributed by atoms with Gasteiger partial charge < -0.3 is 19.9 Å². The van der Waals surface area contributed by atoms with Gasteiger partial charge >= 0.3 is 6.03 Å². The number of anilines is 1. The van der Waals surface area contributed by atoms with Gasteiger partial charge in [-0.25, -0.2) is 4.79 Å². The van der Waals surface area contributed by atoms with E-state index in [0.717, 1.165) is 17.2 Å². The van der Waals surface area contributed by atoms with Crippen molar-refractivity contribution in [1.82, 2.24) is 10.5 Å². The van der Waals surface area contributed by atoms with Crippen LogP contribution in [-0.2, 0) is 6.42 Å². The minimum Gasteiger partial charge on any atom is -0.497 e. The summed E-state index contributed by atoms with van der Waals surface area (Å²) in [6.45, 7) is 2.34. The smallest absolute Gasteiger partial charge is 0.319 e. The summed E-state index contributed by atoms with van der Waals surface area (Å²) in [6, 6.07) is 8.71. The highest BCUT2D eigenvalue weighted by Gasteiger charge is 2.04. The summed E-state index contributed by atoms with van der Waals surface area (Å²) in [4.78, 5) is 11.7. The van der Waals surface area contributed by atoms with Crippen molar-refractivity contribution in [1.29, 1.82) is 0 Å². The summed E-state index contributed by atoms with van der Waals surface area (Å²) >= 11 is 0. The number of carbonyl (C=O) groups excluding carboxylic acids is 1. The Bertz CT molecular complexity index is 563. The molecular formula is C14H17N3O3. The van der Waals surface area contributed by atoms with Gasteiger partial charge in [-0.2, -0.15) is 0 Å². The Morgan fingerprint density at radius 2 is 2.10 bits per heavy atom. The van der Waals surface area contributed by atoms with Crippen LogP contribution in [0, 0.1) is 6.92 Å². The molecule has 2 rings (SSSR count). The summed E-state index contributed by atoms with van der Waals surface area (Å²) in [7, 11) is 1.60. The number of amides is 2. The first-order valence-corrected chi connectivity index (χ1v) is 6.28. The van der Waals surface area contributed by atoms with Crippen molar-refractivity contribution in [3.63, 3.8) is 0 Å². The van der Waals surface area contributed by atoms with E-state index in [-0.39, 0.29) is 6.03 Å². The largest absolute Gasteiger partial charge is 0.497 e. The topological polar surface area (TPSA) is 76.4 Å². The van der Waals surface area contributed by atoms with Gasteiger partial charge in [0.05, 0.1) is 12.8 Å². The van der Waals surface area contributed by atoms with Crippen molar-refractivity contribution in [2.75, 3.05) is 19.0 Å². The number of benzene rings is 1. The van der Waals surface area contributed by atoms with Gasteiger partial charge in [-0.15, -0.1) is 0 Å². The van der Waals surface area contributed by atoms with E-state index < -0.39 is 0 Å². The average Bonchev–Trinajstić information content (AvgIpc) is 2.85. The third-order valence-corrected chi connectivity index (χ3v) is 2.68. The number of hydrogen-bond acceptors (Lipinski definition) is 4. The zero-order valence-electron chi connectivity index (χ0n) is 11.5. The Morgan fingerprint density at radius 1 is 1.35 bits per heavy atom. The van der Waals surface area contributed by atoms with Gasteiger partial charge in [0.25, 0.3) is 0 Å². The van der Waals surface area contributed by atoms with Crippen molar-refractivity contribution in [3.05, 3.63) is 41.8 Å². The van der Waals surface area contributed by atoms with Gasteiger partial charge in [0.2, 0.25) is 0 Å². The van der Waals surface area contributed by atoms with Gasteiger partial charge in [0.1, 0.15) is 11.5 Å². The monoisotopic (exact) mass is 275 g/mol. The number of urea groups is 1. The molecule has 20 heavy (non-hydrogen) atoms. The molecule has 0 radical (unpaired) electrons. The molecule has 2 N–H and O–H groups in total. The Hall–Kier alpha value is -2.50. The van der Waals surface area contributed by atoms with Crippen LogP contribution in [0.1, 0.15) is 11.5 Å². The van der Waals surface area contributed by atoms with Crippen LogP contribution >= 0.6 is 0 Å². The van der Waals surface area contributed by atoms with Crippen LogP contribution in [0.3, 0.4) is 0 Å². The fourth-order valence-electron chi connectivity index (χ4n) is 1.68. The Balaban J connectivity index is 1.74. The van der Waals surface area contributed by atoms with Gasteiger partial charge in [0.15, 0.2) is 0 Å². The van der Waals surface area contributed by atoms with Gasteiger partial charge in [-0.1, -0.05) is 5.16 Å². The lowest BCUT2D eigenvalue weighted by Crippen LogP contribution is -2.30. The molecule has 0 atom stereocenters. The third-order valence-electron chi connectivity index (χ3n) is 2.68. The predicted molar refractivity (Wildman–Crippen MR) is 75.0 cm³/mol. The molecule has 6 heteroatoms. The molecule has 2 amide bonds. The first-order valence-electron chi connectivity index (χ1n) is 6.28. The minimum absolute atomic E-state index is 0.258. The predicted octanol–water partition coefficient (Wildman–Crippen LogP) is 2.36. The quantitative estimate of drug-likeness (QED) is 0.878. The van der Waals surface area contributed by atoms with E-state index in [2.05, 4.69) is 15.8 Å². The third kappa shape index (κ3) is 4.01. The number of carbonyl (C=O) groups is 1. The van der Waals surface area contributed by atoms with Crippen LogP contribution in [0.2, 0.25) is 0 Å². The number of aryl methyl sites for hydroxylation is 1. The average molecular weight is 275 g/mol. The molecule has 0 spiro atoms. The molecule has 6 nitrogen and oxygen atoms in total. The lowest BCUT2D eigenvalue weighted by molar-refractivity contribution is 0.252. The summed E-state index contributed by atoms with van der Waals surface area (Å²) in [6.07, 6.45) is 0.608. The lowest BCUT2D eigenvalue weighted by atomic mass is 10.3. The van der Waals surface area contributed by atoms with E-state index in [0.29, 0.717) is 18.7 Å². The van der Waals surface area contributed by atoms with Crippen molar-refractivity contribution >= 4 is 11.7 Å². The number of methoxy groups -OCH3 is 1. The normalized spacial score (nSPS) is 10.1. The molecule has 0 aliphatic heterocycles. The van der Waals surface area contributed by atoms with Crippen LogP contribution in [0.25, 0.3) is 0 Å². The van der Waals surface area contributed by atoms with Gasteiger partial charge in [0, 0.05) is 24.7 Å². The van der Waals surface area contributed by atoms with Crippen LogP contribution in [-0.4, -0.2) is 24.8 Å². The number of ether oxygens (including phenoxy) is 1. The minimum atomic E-state index is -0.258. The van der Waals surface area contributed by atoms with E-state index >= 15 is 0 Å². The first kappa shape index (κ1) is 13.9. The van der Waals surface area contributed by atoms with E-state index in [4.69, 9.17) is 9.26 Å². The number of nitrogens with one attached hydrogen (secondary N) is 2. The van der Waals surface area contributed by atoms with E-state index in [1.165, 1.54) is 0 Å². The maximum atomic E-state index is 11.7. The van der Waals surface area contributed by atoms with E-state index in [1.54, 1.807) is 31.4 Å². The summed E-state index contributed by atoms with van der Waals surface area (Å²) in [5, 5.41) is 9.26. The molecule has 0 saturated heterocycles. The molecule has 0 fully saturated rings. The standard InChI is InChI=1S/C14H17N3O3/c1-10-9-13(20-17-10)7-8-15-14(18)16-11-3-5-12(19-2)6-4-11/h3-6,9H,7-8H2,1-2H3,(H2,15,16,18).